The minimum absolute atomic E-state index is 0.120. The molecule has 1 rings (SSSR count). The second-order valence-electron chi connectivity index (χ2n) is 6.60. The number of nitrogens with one attached hydrogen (secondary N) is 1. The first-order valence-electron chi connectivity index (χ1n) is 7.65. The molecule has 1 unspecified atom stereocenters. The van der Waals surface area contributed by atoms with Gasteiger partial charge in [-0.1, -0.05) is 0 Å². The molecule has 0 heterocycles. The molecule has 0 saturated heterocycles. The van der Waals surface area contributed by atoms with Gasteiger partial charge in [-0.25, -0.2) is 4.79 Å². The molecule has 0 aliphatic carbocycles. The third-order valence-electron chi connectivity index (χ3n) is 3.07. The molecule has 0 aromatic heterocycles. The van der Waals surface area contributed by atoms with Crippen molar-refractivity contribution in [2.75, 3.05) is 26.5 Å². The Morgan fingerprint density at radius 3 is 2.20 bits per heavy atom. The maximum atomic E-state index is 12.0. The topological polar surface area (TPSA) is 92.8 Å². The molecule has 0 saturated carbocycles. The van der Waals surface area contributed by atoms with Crippen LogP contribution in [0.5, 0.6) is 0 Å². The SMILES string of the molecule is CN(CC(=O)NC(C)(C)C)C(=O)COC(=O)c1ccc(S(C)=O)cc1. The highest BCUT2D eigenvalue weighted by atomic mass is 32.2. The highest BCUT2D eigenvalue weighted by Crippen LogP contribution is 2.09. The summed E-state index contributed by atoms with van der Waals surface area (Å²) in [5.74, 6) is -1.43. The van der Waals surface area contributed by atoms with Crippen LogP contribution in [-0.2, 0) is 25.1 Å². The van der Waals surface area contributed by atoms with Crippen LogP contribution >= 0.6 is 0 Å². The van der Waals surface area contributed by atoms with Gasteiger partial charge in [-0.3, -0.25) is 13.8 Å². The van der Waals surface area contributed by atoms with E-state index in [0.717, 1.165) is 0 Å². The van der Waals surface area contributed by atoms with Crippen molar-refractivity contribution < 1.29 is 23.3 Å². The van der Waals surface area contributed by atoms with E-state index in [0.29, 0.717) is 4.90 Å². The zero-order valence-corrected chi connectivity index (χ0v) is 15.9. The lowest BCUT2D eigenvalue weighted by molar-refractivity contribution is -0.137. The third kappa shape index (κ3) is 7.47. The van der Waals surface area contributed by atoms with Crippen LogP contribution in [-0.4, -0.2) is 58.9 Å². The second-order valence-corrected chi connectivity index (χ2v) is 7.98. The Labute approximate surface area is 150 Å². The standard InChI is InChI=1S/C17H24N2O5S/c1-17(2,3)18-14(20)10-19(4)15(21)11-24-16(22)12-6-8-13(9-7-12)25(5)23/h6-9H,10-11H2,1-5H3,(H,18,20). The Morgan fingerprint density at radius 1 is 1.16 bits per heavy atom. The molecule has 1 aromatic carbocycles. The fourth-order valence-corrected chi connectivity index (χ4v) is 2.38. The van der Waals surface area contributed by atoms with Crippen LogP contribution in [0.2, 0.25) is 0 Å². The summed E-state index contributed by atoms with van der Waals surface area (Å²) in [5.41, 5.74) is -0.128. The van der Waals surface area contributed by atoms with Gasteiger partial charge in [-0.15, -0.1) is 0 Å². The van der Waals surface area contributed by atoms with Crippen LogP contribution < -0.4 is 5.32 Å². The van der Waals surface area contributed by atoms with Gasteiger partial charge in [0.15, 0.2) is 6.61 Å². The van der Waals surface area contributed by atoms with E-state index >= 15 is 0 Å². The Hall–Kier alpha value is -2.22. The molecule has 138 valence electrons. The van der Waals surface area contributed by atoms with E-state index in [1.807, 2.05) is 20.8 Å². The van der Waals surface area contributed by atoms with Gasteiger partial charge in [0.05, 0.1) is 12.1 Å². The van der Waals surface area contributed by atoms with Crippen molar-refractivity contribution in [3.05, 3.63) is 29.8 Å². The highest BCUT2D eigenvalue weighted by Gasteiger charge is 2.19. The van der Waals surface area contributed by atoms with Gasteiger partial charge in [0, 0.05) is 34.5 Å². The summed E-state index contributed by atoms with van der Waals surface area (Å²) in [7, 11) is 0.330. The van der Waals surface area contributed by atoms with Crippen molar-refractivity contribution in [3.8, 4) is 0 Å². The Morgan fingerprint density at radius 2 is 1.72 bits per heavy atom. The number of likely N-dealkylation sites (N-methyl/N-ethyl adjacent to an activating group) is 1. The zero-order valence-electron chi connectivity index (χ0n) is 15.1. The smallest absolute Gasteiger partial charge is 0.338 e. The molecule has 0 spiro atoms. The number of rotatable bonds is 6. The van der Waals surface area contributed by atoms with Crippen molar-refractivity contribution >= 4 is 28.6 Å². The fourth-order valence-electron chi connectivity index (χ4n) is 1.86. The number of ether oxygens (including phenoxy) is 1. The molecule has 8 heteroatoms. The Balaban J connectivity index is 2.50. The summed E-state index contributed by atoms with van der Waals surface area (Å²) < 4.78 is 16.3. The van der Waals surface area contributed by atoms with E-state index in [2.05, 4.69) is 5.32 Å². The summed E-state index contributed by atoms with van der Waals surface area (Å²) in [6.07, 6.45) is 1.54. The van der Waals surface area contributed by atoms with Gasteiger partial charge in [-0.2, -0.15) is 0 Å². The van der Waals surface area contributed by atoms with E-state index in [-0.39, 0.29) is 23.6 Å². The summed E-state index contributed by atoms with van der Waals surface area (Å²) in [6.45, 7) is 4.94. The van der Waals surface area contributed by atoms with Crippen molar-refractivity contribution in [2.45, 2.75) is 31.2 Å². The highest BCUT2D eigenvalue weighted by molar-refractivity contribution is 7.84. The molecule has 1 aromatic rings. The summed E-state index contributed by atoms with van der Waals surface area (Å²) in [4.78, 5) is 37.4. The molecule has 2 amide bonds. The average Bonchev–Trinajstić information content (AvgIpc) is 2.50. The number of esters is 1. The van der Waals surface area contributed by atoms with Crippen molar-refractivity contribution in [1.29, 1.82) is 0 Å². The minimum Gasteiger partial charge on any atom is -0.452 e. The molecule has 0 fully saturated rings. The molecule has 0 radical (unpaired) electrons. The van der Waals surface area contributed by atoms with Crippen LogP contribution in [0.4, 0.5) is 0 Å². The quantitative estimate of drug-likeness (QED) is 0.755. The van der Waals surface area contributed by atoms with Gasteiger partial charge in [0.2, 0.25) is 5.91 Å². The van der Waals surface area contributed by atoms with Crippen molar-refractivity contribution in [3.63, 3.8) is 0 Å². The first-order valence-corrected chi connectivity index (χ1v) is 9.21. The molecule has 1 atom stereocenters. The number of carbonyl (C=O) groups excluding carboxylic acids is 3. The second kappa shape index (κ2) is 8.75. The Kier molecular flexibility index (Phi) is 7.29. The molecule has 0 aliphatic rings. The number of nitrogens with zero attached hydrogens (tertiary/aromatic N) is 1. The largest absolute Gasteiger partial charge is 0.452 e. The van der Waals surface area contributed by atoms with E-state index < -0.39 is 29.3 Å². The monoisotopic (exact) mass is 368 g/mol. The first-order chi connectivity index (χ1) is 11.5. The van der Waals surface area contributed by atoms with Crippen LogP contribution in [0.25, 0.3) is 0 Å². The number of hydrogen-bond donors (Lipinski definition) is 1. The van der Waals surface area contributed by atoms with E-state index in [9.17, 15) is 18.6 Å². The van der Waals surface area contributed by atoms with Crippen LogP contribution in [0.1, 0.15) is 31.1 Å². The van der Waals surface area contributed by atoms with Gasteiger partial charge < -0.3 is 15.0 Å². The lowest BCUT2D eigenvalue weighted by Crippen LogP contribution is -2.46. The molecular weight excluding hydrogens is 344 g/mol. The zero-order chi connectivity index (χ0) is 19.2. The number of amides is 2. The lowest BCUT2D eigenvalue weighted by Gasteiger charge is -2.23. The van der Waals surface area contributed by atoms with E-state index in [1.54, 1.807) is 12.1 Å². The van der Waals surface area contributed by atoms with Gasteiger partial charge in [-0.05, 0) is 45.0 Å². The molecule has 7 nitrogen and oxygen atoms in total. The molecule has 0 bridgehead atoms. The normalized spacial score (nSPS) is 12.2. The maximum Gasteiger partial charge on any atom is 0.338 e. The van der Waals surface area contributed by atoms with E-state index in [1.165, 1.54) is 30.3 Å². The average molecular weight is 368 g/mol. The van der Waals surface area contributed by atoms with Gasteiger partial charge in [0.25, 0.3) is 5.91 Å². The van der Waals surface area contributed by atoms with Crippen LogP contribution in [0.3, 0.4) is 0 Å². The molecule has 0 aliphatic heterocycles. The minimum atomic E-state index is -1.13. The molecular formula is C17H24N2O5S. The fraction of sp³-hybridized carbons (Fsp3) is 0.471. The van der Waals surface area contributed by atoms with Crippen molar-refractivity contribution in [2.24, 2.45) is 0 Å². The van der Waals surface area contributed by atoms with Crippen LogP contribution in [0.15, 0.2) is 29.2 Å². The first kappa shape index (κ1) is 20.8. The Bertz CT molecular complexity index is 665. The predicted molar refractivity (Wildman–Crippen MR) is 94.6 cm³/mol. The molecule has 1 N–H and O–H groups in total. The maximum absolute atomic E-state index is 12.0. The number of benzene rings is 1. The summed E-state index contributed by atoms with van der Waals surface area (Å²) in [5, 5.41) is 2.74. The van der Waals surface area contributed by atoms with Gasteiger partial charge in [0.1, 0.15) is 0 Å². The summed E-state index contributed by atoms with van der Waals surface area (Å²) in [6, 6.07) is 6.11. The van der Waals surface area contributed by atoms with Crippen molar-refractivity contribution in [1.82, 2.24) is 10.2 Å². The lowest BCUT2D eigenvalue weighted by atomic mass is 10.1. The number of hydrogen-bond acceptors (Lipinski definition) is 5. The van der Waals surface area contributed by atoms with Gasteiger partial charge >= 0.3 is 5.97 Å². The third-order valence-corrected chi connectivity index (χ3v) is 4.01. The number of carbonyl (C=O) groups is 3. The van der Waals surface area contributed by atoms with E-state index in [4.69, 9.17) is 4.74 Å². The van der Waals surface area contributed by atoms with Crippen LogP contribution in [0, 0.1) is 0 Å². The molecule has 25 heavy (non-hydrogen) atoms. The summed E-state index contributed by atoms with van der Waals surface area (Å²) >= 11 is 0. The predicted octanol–water partition coefficient (Wildman–Crippen LogP) is 0.954.